The van der Waals surface area contributed by atoms with Crippen LogP contribution in [0.25, 0.3) is 11.1 Å². The number of benzene rings is 3. The molecular weight excluding hydrogens is 296 g/mol. The maximum atomic E-state index is 12.2. The van der Waals surface area contributed by atoms with Gasteiger partial charge in [-0.05, 0) is 16.7 Å². The Labute approximate surface area is 140 Å². The van der Waals surface area contributed by atoms with E-state index in [1.807, 2.05) is 66.7 Å². The Balaban J connectivity index is 1.62. The molecule has 4 rings (SSSR count). The number of nitrogens with zero attached hydrogens (tertiary/aromatic N) is 1. The number of amides is 1. The predicted molar refractivity (Wildman–Crippen MR) is 95.8 cm³/mol. The van der Waals surface area contributed by atoms with Crippen molar-refractivity contribution in [2.45, 2.75) is 6.42 Å². The predicted octanol–water partition coefficient (Wildman–Crippen LogP) is 3.78. The van der Waals surface area contributed by atoms with Crippen molar-refractivity contribution in [3.05, 3.63) is 95.6 Å². The van der Waals surface area contributed by atoms with Crippen LogP contribution in [0.5, 0.6) is 0 Å². The van der Waals surface area contributed by atoms with Crippen LogP contribution < -0.4 is 5.43 Å². The lowest BCUT2D eigenvalue weighted by Crippen LogP contribution is -2.21. The fraction of sp³-hybridized carbons (Fsp3) is 0.0476. The summed E-state index contributed by atoms with van der Waals surface area (Å²) in [5.74, 6) is -0.115. The van der Waals surface area contributed by atoms with Crippen LogP contribution in [0.15, 0.2) is 84.0 Å². The van der Waals surface area contributed by atoms with Crippen LogP contribution in [0, 0.1) is 0 Å². The highest BCUT2D eigenvalue weighted by Gasteiger charge is 2.24. The molecule has 1 aliphatic carbocycles. The number of hydrogen-bond donors (Lipinski definition) is 1. The lowest BCUT2D eigenvalue weighted by Gasteiger charge is -2.04. The van der Waals surface area contributed by atoms with Crippen molar-refractivity contribution in [1.82, 2.24) is 5.43 Å². The van der Waals surface area contributed by atoms with Crippen molar-refractivity contribution in [3.63, 3.8) is 0 Å². The summed E-state index contributed by atoms with van der Waals surface area (Å²) in [5.41, 5.74) is 8.92. The lowest BCUT2D eigenvalue weighted by atomic mass is 10.1. The van der Waals surface area contributed by atoms with Gasteiger partial charge in [-0.2, -0.15) is 5.10 Å². The summed E-state index contributed by atoms with van der Waals surface area (Å²) < 4.78 is 0. The van der Waals surface area contributed by atoms with Gasteiger partial charge >= 0.3 is 0 Å². The molecular formula is C21H16N2O. The van der Waals surface area contributed by atoms with Gasteiger partial charge in [-0.15, -0.1) is 0 Å². The average Bonchev–Trinajstić information content (AvgIpc) is 2.95. The molecule has 0 fully saturated rings. The highest BCUT2D eigenvalue weighted by atomic mass is 16.2. The van der Waals surface area contributed by atoms with Gasteiger partial charge in [0.2, 0.25) is 5.91 Å². The van der Waals surface area contributed by atoms with Crippen molar-refractivity contribution in [2.75, 3.05) is 0 Å². The van der Waals surface area contributed by atoms with E-state index in [2.05, 4.69) is 22.7 Å². The van der Waals surface area contributed by atoms with Gasteiger partial charge in [0, 0.05) is 11.1 Å². The van der Waals surface area contributed by atoms with E-state index in [-0.39, 0.29) is 5.91 Å². The molecule has 0 aromatic heterocycles. The second-order valence-electron chi connectivity index (χ2n) is 5.75. The normalized spacial score (nSPS) is 11.6. The van der Waals surface area contributed by atoms with E-state index in [1.54, 1.807) is 0 Å². The molecule has 1 aliphatic rings. The molecule has 1 amide bonds. The number of hydrogen-bond acceptors (Lipinski definition) is 2. The minimum Gasteiger partial charge on any atom is -0.273 e. The molecule has 0 bridgehead atoms. The third-order valence-corrected chi connectivity index (χ3v) is 4.15. The molecule has 0 atom stereocenters. The Kier molecular flexibility index (Phi) is 3.67. The van der Waals surface area contributed by atoms with E-state index < -0.39 is 0 Å². The Morgan fingerprint density at radius 1 is 0.708 bits per heavy atom. The first-order chi connectivity index (χ1) is 11.8. The number of hydrazone groups is 1. The molecule has 0 heterocycles. The van der Waals surface area contributed by atoms with Crippen LogP contribution in [0.1, 0.15) is 16.7 Å². The summed E-state index contributed by atoms with van der Waals surface area (Å²) in [7, 11) is 0. The Hall–Kier alpha value is -3.20. The van der Waals surface area contributed by atoms with Gasteiger partial charge in [0.1, 0.15) is 0 Å². The molecule has 3 nitrogen and oxygen atoms in total. The number of carbonyl (C=O) groups is 1. The van der Waals surface area contributed by atoms with E-state index in [1.165, 1.54) is 0 Å². The van der Waals surface area contributed by atoms with Crippen molar-refractivity contribution in [3.8, 4) is 11.1 Å². The standard InChI is InChI=1S/C21H16N2O/c24-20(14-15-8-2-1-3-9-15)22-23-21-18-12-6-4-10-16(18)17-11-5-7-13-19(17)21/h1-13H,14H2,(H,22,24). The minimum absolute atomic E-state index is 0.115. The van der Waals surface area contributed by atoms with Crippen molar-refractivity contribution in [1.29, 1.82) is 0 Å². The molecule has 0 unspecified atom stereocenters. The molecule has 24 heavy (non-hydrogen) atoms. The molecule has 0 saturated heterocycles. The van der Waals surface area contributed by atoms with Gasteiger partial charge < -0.3 is 0 Å². The largest absolute Gasteiger partial charge is 0.273 e. The zero-order chi connectivity index (χ0) is 16.4. The Bertz CT molecular complexity index is 882. The van der Waals surface area contributed by atoms with E-state index >= 15 is 0 Å². The highest BCUT2D eigenvalue weighted by molar-refractivity contribution is 6.24. The van der Waals surface area contributed by atoms with Crippen molar-refractivity contribution in [2.24, 2.45) is 5.10 Å². The first-order valence-corrected chi connectivity index (χ1v) is 7.92. The van der Waals surface area contributed by atoms with Gasteiger partial charge in [-0.25, -0.2) is 5.43 Å². The maximum absolute atomic E-state index is 12.2. The van der Waals surface area contributed by atoms with Gasteiger partial charge in [-0.3, -0.25) is 4.79 Å². The van der Waals surface area contributed by atoms with Crippen LogP contribution in [-0.4, -0.2) is 11.6 Å². The molecule has 3 aromatic rings. The van der Waals surface area contributed by atoms with Gasteiger partial charge in [0.05, 0.1) is 12.1 Å². The zero-order valence-corrected chi connectivity index (χ0v) is 13.1. The summed E-state index contributed by atoms with van der Waals surface area (Å²) in [6.07, 6.45) is 0.320. The highest BCUT2D eigenvalue weighted by Crippen LogP contribution is 2.36. The van der Waals surface area contributed by atoms with Gasteiger partial charge in [0.15, 0.2) is 0 Å². The zero-order valence-electron chi connectivity index (χ0n) is 13.1. The first-order valence-electron chi connectivity index (χ1n) is 7.92. The van der Waals surface area contributed by atoms with Gasteiger partial charge in [-0.1, -0.05) is 78.9 Å². The molecule has 0 spiro atoms. The number of nitrogens with one attached hydrogen (secondary N) is 1. The van der Waals surface area contributed by atoms with Crippen LogP contribution in [0.3, 0.4) is 0 Å². The third-order valence-electron chi connectivity index (χ3n) is 4.15. The fourth-order valence-corrected chi connectivity index (χ4v) is 3.05. The van der Waals surface area contributed by atoms with Crippen molar-refractivity contribution < 1.29 is 4.79 Å². The van der Waals surface area contributed by atoms with E-state index in [9.17, 15) is 4.79 Å². The Morgan fingerprint density at radius 3 is 1.79 bits per heavy atom. The van der Waals surface area contributed by atoms with Crippen molar-refractivity contribution >= 4 is 11.6 Å². The fourth-order valence-electron chi connectivity index (χ4n) is 3.05. The second-order valence-corrected chi connectivity index (χ2v) is 5.75. The first kappa shape index (κ1) is 14.4. The molecule has 0 radical (unpaired) electrons. The molecule has 3 heteroatoms. The van der Waals surface area contributed by atoms with Gasteiger partial charge in [0.25, 0.3) is 0 Å². The van der Waals surface area contributed by atoms with E-state index in [4.69, 9.17) is 0 Å². The van der Waals surface area contributed by atoms with E-state index in [0.717, 1.165) is 33.5 Å². The topological polar surface area (TPSA) is 41.5 Å². The number of carbonyl (C=O) groups excluding carboxylic acids is 1. The smallest absolute Gasteiger partial charge is 0.244 e. The van der Waals surface area contributed by atoms with Crippen LogP contribution in [-0.2, 0) is 11.2 Å². The maximum Gasteiger partial charge on any atom is 0.244 e. The molecule has 1 N–H and O–H groups in total. The molecule has 0 saturated carbocycles. The molecule has 116 valence electrons. The van der Waals surface area contributed by atoms with Crippen LogP contribution in [0.2, 0.25) is 0 Å². The summed E-state index contributed by atoms with van der Waals surface area (Å²) in [6.45, 7) is 0. The minimum atomic E-state index is -0.115. The number of fused-ring (bicyclic) bond motifs is 3. The third kappa shape index (κ3) is 2.61. The Morgan fingerprint density at radius 2 is 1.21 bits per heavy atom. The van der Waals surface area contributed by atoms with Crippen LogP contribution >= 0.6 is 0 Å². The molecule has 0 aliphatic heterocycles. The summed E-state index contributed by atoms with van der Waals surface area (Å²) >= 11 is 0. The monoisotopic (exact) mass is 312 g/mol. The summed E-state index contributed by atoms with van der Waals surface area (Å²) in [4.78, 5) is 12.2. The second kappa shape index (κ2) is 6.13. The average molecular weight is 312 g/mol. The summed E-state index contributed by atoms with van der Waals surface area (Å²) in [6, 6.07) is 25.9. The van der Waals surface area contributed by atoms with Crippen LogP contribution in [0.4, 0.5) is 0 Å². The SMILES string of the molecule is O=C(Cc1ccccc1)NN=C1c2ccccc2-c2ccccc21. The summed E-state index contributed by atoms with van der Waals surface area (Å²) in [5, 5.41) is 4.42. The quantitative estimate of drug-likeness (QED) is 0.575. The number of rotatable bonds is 3. The van der Waals surface area contributed by atoms with E-state index in [0.29, 0.717) is 6.42 Å². The lowest BCUT2D eigenvalue weighted by molar-refractivity contribution is -0.120. The molecule has 3 aromatic carbocycles.